The van der Waals surface area contributed by atoms with Gasteiger partial charge in [-0.2, -0.15) is 0 Å². The van der Waals surface area contributed by atoms with Gasteiger partial charge in [-0.3, -0.25) is 9.59 Å². The summed E-state index contributed by atoms with van der Waals surface area (Å²) in [7, 11) is 0. The molecule has 3 unspecified atom stereocenters. The van der Waals surface area contributed by atoms with E-state index in [9.17, 15) is 14.7 Å². The Morgan fingerprint density at radius 2 is 2.30 bits per heavy atom. The zero-order chi connectivity index (χ0) is 14.8. The van der Waals surface area contributed by atoms with Crippen molar-refractivity contribution in [3.05, 3.63) is 0 Å². The first-order valence-electron chi connectivity index (χ1n) is 7.18. The van der Waals surface area contributed by atoms with E-state index in [0.29, 0.717) is 19.6 Å². The van der Waals surface area contributed by atoms with Crippen LogP contribution in [-0.2, 0) is 19.1 Å². The first kappa shape index (κ1) is 15.3. The van der Waals surface area contributed by atoms with E-state index in [2.05, 4.69) is 0 Å². The third kappa shape index (κ3) is 3.30. The van der Waals surface area contributed by atoms with Gasteiger partial charge in [0, 0.05) is 19.7 Å². The van der Waals surface area contributed by atoms with Gasteiger partial charge in [0.1, 0.15) is 6.10 Å². The van der Waals surface area contributed by atoms with Crippen LogP contribution in [0.25, 0.3) is 0 Å². The minimum absolute atomic E-state index is 0.0908. The molecule has 2 fully saturated rings. The van der Waals surface area contributed by atoms with Crippen molar-refractivity contribution >= 4 is 11.9 Å². The average molecular weight is 285 g/mol. The monoisotopic (exact) mass is 285 g/mol. The van der Waals surface area contributed by atoms with Crippen molar-refractivity contribution in [2.24, 2.45) is 5.41 Å². The van der Waals surface area contributed by atoms with Gasteiger partial charge < -0.3 is 19.5 Å². The molecular formula is C14H23NO5. The van der Waals surface area contributed by atoms with Crippen molar-refractivity contribution in [1.82, 2.24) is 4.90 Å². The van der Waals surface area contributed by atoms with E-state index in [0.717, 1.165) is 19.4 Å². The smallest absolute Gasteiger partial charge is 0.311 e. The second kappa shape index (κ2) is 6.10. The van der Waals surface area contributed by atoms with E-state index < -0.39 is 17.5 Å². The van der Waals surface area contributed by atoms with Gasteiger partial charge in [-0.15, -0.1) is 0 Å². The van der Waals surface area contributed by atoms with Crippen LogP contribution >= 0.6 is 0 Å². The fourth-order valence-corrected chi connectivity index (χ4v) is 2.68. The van der Waals surface area contributed by atoms with Crippen LogP contribution in [0.4, 0.5) is 0 Å². The fraction of sp³-hybridized carbons (Fsp3) is 0.857. The summed E-state index contributed by atoms with van der Waals surface area (Å²) in [5.41, 5.74) is -0.829. The van der Waals surface area contributed by atoms with E-state index in [1.807, 2.05) is 0 Å². The van der Waals surface area contributed by atoms with Crippen molar-refractivity contribution in [2.75, 3.05) is 26.3 Å². The molecule has 2 aliphatic heterocycles. The lowest BCUT2D eigenvalue weighted by Gasteiger charge is -2.23. The molecule has 0 radical (unpaired) electrons. The van der Waals surface area contributed by atoms with Crippen LogP contribution in [0.2, 0.25) is 0 Å². The van der Waals surface area contributed by atoms with Crippen molar-refractivity contribution in [3.8, 4) is 0 Å². The molecule has 2 aliphatic rings. The number of rotatable bonds is 5. The molecule has 0 saturated carbocycles. The number of hydrogen-bond donors (Lipinski definition) is 1. The molecule has 0 bridgehead atoms. The maximum Gasteiger partial charge on any atom is 0.311 e. The van der Waals surface area contributed by atoms with E-state index in [1.165, 1.54) is 0 Å². The van der Waals surface area contributed by atoms with Crippen LogP contribution in [-0.4, -0.2) is 60.4 Å². The van der Waals surface area contributed by atoms with Crippen molar-refractivity contribution in [1.29, 1.82) is 0 Å². The van der Waals surface area contributed by atoms with Crippen LogP contribution in [0.5, 0.6) is 0 Å². The number of carbonyl (C=O) groups is 2. The van der Waals surface area contributed by atoms with E-state index >= 15 is 0 Å². The number of aliphatic carboxylic acids is 1. The number of hydrogen-bond acceptors (Lipinski definition) is 4. The van der Waals surface area contributed by atoms with Crippen molar-refractivity contribution < 1.29 is 24.2 Å². The Morgan fingerprint density at radius 3 is 2.85 bits per heavy atom. The zero-order valence-electron chi connectivity index (χ0n) is 12.1. The molecule has 0 aromatic carbocycles. The van der Waals surface area contributed by atoms with Crippen LogP contribution in [0.1, 0.15) is 33.1 Å². The summed E-state index contributed by atoms with van der Waals surface area (Å²) >= 11 is 0. The third-order valence-corrected chi connectivity index (χ3v) is 4.21. The first-order chi connectivity index (χ1) is 9.42. The largest absolute Gasteiger partial charge is 0.481 e. The minimum Gasteiger partial charge on any atom is -0.481 e. The second-order valence-electron chi connectivity index (χ2n) is 5.99. The van der Waals surface area contributed by atoms with Crippen molar-refractivity contribution in [2.45, 2.75) is 45.3 Å². The Bertz CT molecular complexity index is 380. The number of ether oxygens (including phenoxy) is 2. The lowest BCUT2D eigenvalue weighted by atomic mass is 9.90. The Hall–Kier alpha value is -1.14. The summed E-state index contributed by atoms with van der Waals surface area (Å²) in [4.78, 5) is 25.0. The molecule has 3 atom stereocenters. The number of carboxylic acids is 1. The van der Waals surface area contributed by atoms with Gasteiger partial charge in [0.05, 0.1) is 18.1 Å². The Balaban J connectivity index is 1.80. The first-order valence-corrected chi connectivity index (χ1v) is 7.18. The van der Waals surface area contributed by atoms with Crippen LogP contribution in [0.3, 0.4) is 0 Å². The molecule has 2 heterocycles. The van der Waals surface area contributed by atoms with Crippen LogP contribution in [0, 0.1) is 5.41 Å². The molecule has 6 heteroatoms. The highest BCUT2D eigenvalue weighted by atomic mass is 16.5. The molecule has 1 N–H and O–H groups in total. The SMILES string of the molecule is CC(OCC1CCCO1)C(=O)N1CCC(C)(C(=O)O)C1. The molecule has 20 heavy (non-hydrogen) atoms. The molecule has 0 aromatic rings. The number of likely N-dealkylation sites (tertiary alicyclic amines) is 1. The van der Waals surface area contributed by atoms with Gasteiger partial charge in [0.15, 0.2) is 0 Å². The van der Waals surface area contributed by atoms with Crippen molar-refractivity contribution in [3.63, 3.8) is 0 Å². The van der Waals surface area contributed by atoms with Crippen LogP contribution < -0.4 is 0 Å². The number of carbonyl (C=O) groups excluding carboxylic acids is 1. The topological polar surface area (TPSA) is 76.1 Å². The summed E-state index contributed by atoms with van der Waals surface area (Å²) in [5.74, 6) is -0.978. The van der Waals surface area contributed by atoms with Gasteiger partial charge >= 0.3 is 5.97 Å². The summed E-state index contributed by atoms with van der Waals surface area (Å²) in [5, 5.41) is 9.17. The lowest BCUT2D eigenvalue weighted by molar-refractivity contribution is -0.149. The highest BCUT2D eigenvalue weighted by Crippen LogP contribution is 2.30. The second-order valence-corrected chi connectivity index (χ2v) is 5.99. The van der Waals surface area contributed by atoms with Gasteiger partial charge in [0.25, 0.3) is 5.91 Å². The van der Waals surface area contributed by atoms with Crippen LogP contribution in [0.15, 0.2) is 0 Å². The lowest BCUT2D eigenvalue weighted by Crippen LogP contribution is -2.40. The summed E-state index contributed by atoms with van der Waals surface area (Å²) < 4.78 is 11.0. The quantitative estimate of drug-likeness (QED) is 0.812. The molecular weight excluding hydrogens is 262 g/mol. The minimum atomic E-state index is -0.847. The van der Waals surface area contributed by atoms with Gasteiger partial charge in [-0.25, -0.2) is 0 Å². The molecule has 114 valence electrons. The van der Waals surface area contributed by atoms with Gasteiger partial charge in [0.2, 0.25) is 0 Å². The van der Waals surface area contributed by atoms with Gasteiger partial charge in [-0.05, 0) is 33.1 Å². The maximum atomic E-state index is 12.2. The number of carboxylic acid groups (broad SMARTS) is 1. The predicted octanol–water partition coefficient (Wildman–Crippen LogP) is 0.894. The highest BCUT2D eigenvalue weighted by Gasteiger charge is 2.43. The molecule has 2 saturated heterocycles. The molecule has 0 aromatic heterocycles. The molecule has 6 nitrogen and oxygen atoms in total. The van der Waals surface area contributed by atoms with E-state index in [4.69, 9.17) is 9.47 Å². The Morgan fingerprint density at radius 1 is 1.55 bits per heavy atom. The summed E-state index contributed by atoms with van der Waals surface area (Å²) in [6, 6.07) is 0. The molecule has 2 rings (SSSR count). The number of nitrogens with zero attached hydrogens (tertiary/aromatic N) is 1. The highest BCUT2D eigenvalue weighted by molar-refractivity contribution is 5.83. The van der Waals surface area contributed by atoms with Gasteiger partial charge in [-0.1, -0.05) is 0 Å². The predicted molar refractivity (Wildman–Crippen MR) is 71.3 cm³/mol. The average Bonchev–Trinajstić information content (AvgIpc) is 3.05. The molecule has 0 spiro atoms. The molecule has 0 aliphatic carbocycles. The maximum absolute atomic E-state index is 12.2. The van der Waals surface area contributed by atoms with E-state index in [-0.39, 0.29) is 18.6 Å². The van der Waals surface area contributed by atoms with E-state index in [1.54, 1.807) is 18.7 Å². The number of amides is 1. The Kier molecular flexibility index (Phi) is 4.65. The fourth-order valence-electron chi connectivity index (χ4n) is 2.68. The summed E-state index contributed by atoms with van der Waals surface area (Å²) in [6.07, 6.45) is 2.05. The normalized spacial score (nSPS) is 31.5. The summed E-state index contributed by atoms with van der Waals surface area (Å²) in [6.45, 7) is 5.33. The standard InChI is InChI=1S/C14H23NO5/c1-10(20-8-11-4-3-7-19-11)12(16)15-6-5-14(2,9-15)13(17)18/h10-11H,3-9H2,1-2H3,(H,17,18). The zero-order valence-corrected chi connectivity index (χ0v) is 12.1. The third-order valence-electron chi connectivity index (χ3n) is 4.21. The Labute approximate surface area is 119 Å². The molecule has 1 amide bonds.